The highest BCUT2D eigenvalue weighted by molar-refractivity contribution is 5.80. The Morgan fingerprint density at radius 3 is 2.93 bits per heavy atom. The minimum Gasteiger partial charge on any atom is -0.368 e. The molecule has 2 heterocycles. The van der Waals surface area contributed by atoms with Crippen LogP contribution in [0.1, 0.15) is 19.3 Å². The second-order valence-corrected chi connectivity index (χ2v) is 4.11. The summed E-state index contributed by atoms with van der Waals surface area (Å²) < 4.78 is 5.29. The van der Waals surface area contributed by atoms with E-state index in [0.29, 0.717) is 0 Å². The molecule has 0 aromatic rings. The van der Waals surface area contributed by atoms with Crippen molar-refractivity contribution in [1.82, 2.24) is 10.6 Å². The maximum atomic E-state index is 11.5. The third-order valence-corrected chi connectivity index (χ3v) is 2.94. The average Bonchev–Trinajstić information content (AvgIpc) is 2.61. The lowest BCUT2D eigenvalue weighted by molar-refractivity contribution is -0.130. The molecule has 0 spiro atoms. The second-order valence-electron chi connectivity index (χ2n) is 4.11. The molecule has 0 aromatic heterocycles. The predicted molar refractivity (Wildman–Crippen MR) is 53.0 cm³/mol. The summed E-state index contributed by atoms with van der Waals surface area (Å²) in [5.74, 6) is 0.842. The van der Waals surface area contributed by atoms with Crippen molar-refractivity contribution < 1.29 is 9.53 Å². The molecule has 2 aliphatic heterocycles. The first kappa shape index (κ1) is 9.93. The molecule has 0 bridgehead atoms. The molecule has 0 radical (unpaired) electrons. The van der Waals surface area contributed by atoms with Crippen LogP contribution < -0.4 is 10.6 Å². The van der Waals surface area contributed by atoms with Gasteiger partial charge >= 0.3 is 0 Å². The number of carbonyl (C=O) groups is 1. The van der Waals surface area contributed by atoms with Gasteiger partial charge in [0.15, 0.2) is 0 Å². The summed E-state index contributed by atoms with van der Waals surface area (Å²) in [6, 6.07) is 0. The van der Waals surface area contributed by atoms with E-state index in [2.05, 4.69) is 10.6 Å². The van der Waals surface area contributed by atoms with Crippen LogP contribution in [-0.4, -0.2) is 38.3 Å². The molecule has 1 atom stereocenters. The molecule has 2 aliphatic rings. The number of ether oxygens (including phenoxy) is 1. The van der Waals surface area contributed by atoms with Crippen LogP contribution in [0.5, 0.6) is 0 Å². The lowest BCUT2D eigenvalue weighted by Crippen LogP contribution is -2.44. The fraction of sp³-hybridized carbons (Fsp3) is 0.900. The number of nitrogens with one attached hydrogen (secondary N) is 2. The Hall–Kier alpha value is -0.610. The molecular weight excluding hydrogens is 180 g/mol. The minimum atomic E-state index is -0.172. The van der Waals surface area contributed by atoms with Crippen LogP contribution in [0.25, 0.3) is 0 Å². The maximum Gasteiger partial charge on any atom is 0.249 e. The number of rotatable bonds is 4. The Morgan fingerprint density at radius 1 is 1.50 bits per heavy atom. The van der Waals surface area contributed by atoms with E-state index in [9.17, 15) is 4.79 Å². The van der Waals surface area contributed by atoms with Gasteiger partial charge in [0.2, 0.25) is 5.91 Å². The van der Waals surface area contributed by atoms with Gasteiger partial charge in [-0.05, 0) is 38.3 Å². The average molecular weight is 198 g/mol. The first-order chi connectivity index (χ1) is 6.86. The molecule has 0 aromatic carbocycles. The first-order valence-electron chi connectivity index (χ1n) is 5.46. The van der Waals surface area contributed by atoms with E-state index in [1.165, 1.54) is 0 Å². The van der Waals surface area contributed by atoms with E-state index in [1.807, 2.05) is 0 Å². The molecule has 2 N–H and O–H groups in total. The third-order valence-electron chi connectivity index (χ3n) is 2.94. The van der Waals surface area contributed by atoms with Gasteiger partial charge in [-0.3, -0.25) is 4.79 Å². The van der Waals surface area contributed by atoms with E-state index in [0.717, 1.165) is 51.4 Å². The number of carbonyl (C=O) groups excluding carboxylic acids is 1. The number of amides is 1. The quantitative estimate of drug-likeness (QED) is 0.663. The highest BCUT2D eigenvalue weighted by Crippen LogP contribution is 2.12. The smallest absolute Gasteiger partial charge is 0.249 e. The van der Waals surface area contributed by atoms with E-state index in [1.54, 1.807) is 0 Å². The van der Waals surface area contributed by atoms with Crippen molar-refractivity contribution in [2.24, 2.45) is 5.92 Å². The maximum absolute atomic E-state index is 11.5. The van der Waals surface area contributed by atoms with Crippen molar-refractivity contribution >= 4 is 5.91 Å². The van der Waals surface area contributed by atoms with Gasteiger partial charge < -0.3 is 15.4 Å². The SMILES string of the molecule is O=C(NCCC1CNC1)C1CCCO1. The van der Waals surface area contributed by atoms with Gasteiger partial charge in [0.25, 0.3) is 0 Å². The lowest BCUT2D eigenvalue weighted by atomic mass is 9.99. The van der Waals surface area contributed by atoms with E-state index < -0.39 is 0 Å². The summed E-state index contributed by atoms with van der Waals surface area (Å²) in [5.41, 5.74) is 0. The third kappa shape index (κ3) is 2.45. The van der Waals surface area contributed by atoms with Crippen LogP contribution in [0.3, 0.4) is 0 Å². The molecule has 4 heteroatoms. The second kappa shape index (κ2) is 4.75. The molecule has 1 unspecified atom stereocenters. The Bertz CT molecular complexity index is 198. The van der Waals surface area contributed by atoms with Crippen molar-refractivity contribution in [1.29, 1.82) is 0 Å². The normalized spacial score (nSPS) is 27.3. The van der Waals surface area contributed by atoms with Crippen LogP contribution in [0.2, 0.25) is 0 Å². The van der Waals surface area contributed by atoms with Crippen molar-refractivity contribution in [3.05, 3.63) is 0 Å². The molecule has 2 fully saturated rings. The van der Waals surface area contributed by atoms with Gasteiger partial charge in [0, 0.05) is 13.2 Å². The predicted octanol–water partition coefficient (Wildman–Crippen LogP) is -0.109. The monoisotopic (exact) mass is 198 g/mol. The van der Waals surface area contributed by atoms with Crippen molar-refractivity contribution in [2.45, 2.75) is 25.4 Å². The minimum absolute atomic E-state index is 0.0785. The molecule has 4 nitrogen and oxygen atoms in total. The highest BCUT2D eigenvalue weighted by atomic mass is 16.5. The Morgan fingerprint density at radius 2 is 2.36 bits per heavy atom. The standard InChI is InChI=1S/C10H18N2O2/c13-10(9-2-1-5-14-9)12-4-3-8-6-11-7-8/h8-9,11H,1-7H2,(H,12,13). The lowest BCUT2D eigenvalue weighted by Gasteiger charge is -2.27. The largest absolute Gasteiger partial charge is 0.368 e. The van der Waals surface area contributed by atoms with E-state index in [-0.39, 0.29) is 12.0 Å². The molecular formula is C10H18N2O2. The van der Waals surface area contributed by atoms with E-state index in [4.69, 9.17) is 4.74 Å². The van der Waals surface area contributed by atoms with Gasteiger partial charge in [-0.2, -0.15) is 0 Å². The summed E-state index contributed by atoms with van der Waals surface area (Å²) in [4.78, 5) is 11.5. The molecule has 1 amide bonds. The summed E-state index contributed by atoms with van der Waals surface area (Å²) >= 11 is 0. The van der Waals surface area contributed by atoms with Gasteiger partial charge in [-0.15, -0.1) is 0 Å². The topological polar surface area (TPSA) is 50.4 Å². The van der Waals surface area contributed by atoms with Gasteiger partial charge in [-0.1, -0.05) is 0 Å². The highest BCUT2D eigenvalue weighted by Gasteiger charge is 2.23. The first-order valence-corrected chi connectivity index (χ1v) is 5.46. The molecule has 2 rings (SSSR count). The summed E-state index contributed by atoms with van der Waals surface area (Å²) in [6.07, 6.45) is 2.82. The van der Waals surface area contributed by atoms with Crippen LogP contribution in [-0.2, 0) is 9.53 Å². The molecule has 2 saturated heterocycles. The fourth-order valence-electron chi connectivity index (χ4n) is 1.85. The number of hydrogen-bond donors (Lipinski definition) is 2. The van der Waals surface area contributed by atoms with Crippen LogP contribution in [0.4, 0.5) is 0 Å². The van der Waals surface area contributed by atoms with Crippen LogP contribution in [0.15, 0.2) is 0 Å². The molecule has 80 valence electrons. The van der Waals surface area contributed by atoms with Gasteiger partial charge in [-0.25, -0.2) is 0 Å². The zero-order valence-corrected chi connectivity index (χ0v) is 8.42. The molecule has 0 aliphatic carbocycles. The molecule has 14 heavy (non-hydrogen) atoms. The van der Waals surface area contributed by atoms with Crippen LogP contribution >= 0.6 is 0 Å². The van der Waals surface area contributed by atoms with Crippen molar-refractivity contribution in [3.8, 4) is 0 Å². The van der Waals surface area contributed by atoms with Gasteiger partial charge in [0.05, 0.1) is 0 Å². The van der Waals surface area contributed by atoms with Crippen molar-refractivity contribution in [2.75, 3.05) is 26.2 Å². The van der Waals surface area contributed by atoms with Gasteiger partial charge in [0.1, 0.15) is 6.10 Å². The number of hydrogen-bond acceptors (Lipinski definition) is 3. The van der Waals surface area contributed by atoms with E-state index >= 15 is 0 Å². The Kier molecular flexibility index (Phi) is 3.37. The Balaban J connectivity index is 1.57. The summed E-state index contributed by atoms with van der Waals surface area (Å²) in [7, 11) is 0. The Labute approximate surface area is 84.4 Å². The summed E-state index contributed by atoms with van der Waals surface area (Å²) in [5, 5.41) is 6.15. The fourth-order valence-corrected chi connectivity index (χ4v) is 1.85. The van der Waals surface area contributed by atoms with Crippen LogP contribution in [0, 0.1) is 5.92 Å². The zero-order chi connectivity index (χ0) is 9.80. The molecule has 0 saturated carbocycles. The van der Waals surface area contributed by atoms with Crippen molar-refractivity contribution in [3.63, 3.8) is 0 Å². The summed E-state index contributed by atoms with van der Waals surface area (Å²) in [6.45, 7) is 3.75. The zero-order valence-electron chi connectivity index (χ0n) is 8.42.